The van der Waals surface area contributed by atoms with Gasteiger partial charge in [0, 0.05) is 31.7 Å². The molecule has 9 heteroatoms. The van der Waals surface area contributed by atoms with Crippen LogP contribution in [0.2, 0.25) is 0 Å². The molecule has 0 saturated carbocycles. The Bertz CT molecular complexity index is 1190. The summed E-state index contributed by atoms with van der Waals surface area (Å²) in [5.41, 5.74) is 9.67. The minimum absolute atomic E-state index is 0.0833. The van der Waals surface area contributed by atoms with E-state index in [0.717, 1.165) is 48.3 Å². The number of nitrogens with zero attached hydrogens (tertiary/aromatic N) is 6. The molecule has 1 fully saturated rings. The van der Waals surface area contributed by atoms with Gasteiger partial charge < -0.3 is 16.0 Å². The Kier molecular flexibility index (Phi) is 6.50. The molecule has 172 valence electrons. The topological polar surface area (TPSA) is 97.3 Å². The molecule has 8 nitrogen and oxygen atoms in total. The van der Waals surface area contributed by atoms with E-state index in [1.807, 2.05) is 24.7 Å². The molecule has 0 aliphatic carbocycles. The molecule has 5 rings (SSSR count). The Balaban J connectivity index is 1.44. The maximum atomic E-state index is 5.85. The molecule has 5 heterocycles. The first-order valence-corrected chi connectivity index (χ1v) is 12.6. The molecular formula is C24H30N8S. The molecule has 1 aliphatic heterocycles. The fourth-order valence-corrected chi connectivity index (χ4v) is 5.20. The summed E-state index contributed by atoms with van der Waals surface area (Å²) in [6.07, 6.45) is 11.9. The number of nitrogens with two attached hydrogens (primary N) is 1. The number of fused-ring (bicyclic) bond motifs is 1. The maximum absolute atomic E-state index is 5.85. The van der Waals surface area contributed by atoms with Gasteiger partial charge in [-0.05, 0) is 66.6 Å². The van der Waals surface area contributed by atoms with Crippen molar-refractivity contribution in [3.8, 4) is 11.4 Å². The molecule has 0 spiro atoms. The van der Waals surface area contributed by atoms with E-state index in [-0.39, 0.29) is 6.04 Å². The Morgan fingerprint density at radius 3 is 2.97 bits per heavy atom. The first-order chi connectivity index (χ1) is 16.2. The van der Waals surface area contributed by atoms with E-state index >= 15 is 0 Å². The van der Waals surface area contributed by atoms with E-state index < -0.39 is 0 Å². The van der Waals surface area contributed by atoms with Crippen LogP contribution in [0.4, 0.5) is 11.8 Å². The van der Waals surface area contributed by atoms with Gasteiger partial charge in [-0.2, -0.15) is 11.3 Å². The van der Waals surface area contributed by atoms with Crippen molar-refractivity contribution in [3.05, 3.63) is 53.2 Å². The largest absolute Gasteiger partial charge is 0.354 e. The molecule has 2 atom stereocenters. The number of imidazole rings is 1. The molecule has 0 radical (unpaired) electrons. The van der Waals surface area contributed by atoms with Crippen LogP contribution in [0.5, 0.6) is 0 Å². The standard InChI is InChI=1S/C24H30N8S/c1-17-3-2-11-31(12-6-17)22-23-28-15-21(32(23)13-10-26-22)20-5-9-27-24(30-20)29-19(4-8-25)18-7-14-33-16-18/h5,7,9-10,13-17,19H,2-4,6,8,11-12,25H2,1H3,(H,27,29,30). The number of aromatic nitrogens is 5. The van der Waals surface area contributed by atoms with Crippen LogP contribution in [0.1, 0.15) is 44.2 Å². The van der Waals surface area contributed by atoms with Crippen molar-refractivity contribution in [2.75, 3.05) is 29.9 Å². The van der Waals surface area contributed by atoms with Gasteiger partial charge in [-0.1, -0.05) is 6.92 Å². The monoisotopic (exact) mass is 462 g/mol. The van der Waals surface area contributed by atoms with E-state index in [9.17, 15) is 0 Å². The van der Waals surface area contributed by atoms with Gasteiger partial charge in [0.15, 0.2) is 11.5 Å². The average molecular weight is 463 g/mol. The molecule has 1 saturated heterocycles. The number of hydrogen-bond donors (Lipinski definition) is 2. The van der Waals surface area contributed by atoms with Crippen LogP contribution in [0, 0.1) is 5.92 Å². The quantitative estimate of drug-likeness (QED) is 0.421. The highest BCUT2D eigenvalue weighted by molar-refractivity contribution is 7.08. The van der Waals surface area contributed by atoms with Crippen LogP contribution in [0.25, 0.3) is 17.0 Å². The second-order valence-corrected chi connectivity index (χ2v) is 9.49. The lowest BCUT2D eigenvalue weighted by molar-refractivity contribution is 0.521. The highest BCUT2D eigenvalue weighted by Crippen LogP contribution is 2.28. The summed E-state index contributed by atoms with van der Waals surface area (Å²) in [5, 5.41) is 7.68. The van der Waals surface area contributed by atoms with Gasteiger partial charge in [-0.3, -0.25) is 4.40 Å². The van der Waals surface area contributed by atoms with Gasteiger partial charge >= 0.3 is 0 Å². The lowest BCUT2D eigenvalue weighted by Crippen LogP contribution is -2.25. The smallest absolute Gasteiger partial charge is 0.223 e. The van der Waals surface area contributed by atoms with E-state index in [0.29, 0.717) is 12.5 Å². The van der Waals surface area contributed by atoms with E-state index in [2.05, 4.69) is 43.4 Å². The van der Waals surface area contributed by atoms with E-state index in [4.69, 9.17) is 20.7 Å². The minimum atomic E-state index is 0.0833. The predicted octanol–water partition coefficient (Wildman–Crippen LogP) is 4.38. The summed E-state index contributed by atoms with van der Waals surface area (Å²) in [7, 11) is 0. The van der Waals surface area contributed by atoms with Crippen LogP contribution >= 0.6 is 11.3 Å². The Labute approximate surface area is 197 Å². The fraction of sp³-hybridized carbons (Fsp3) is 0.417. The number of hydrogen-bond acceptors (Lipinski definition) is 8. The minimum Gasteiger partial charge on any atom is -0.354 e. The van der Waals surface area contributed by atoms with Crippen LogP contribution in [-0.2, 0) is 0 Å². The Morgan fingerprint density at radius 1 is 1.18 bits per heavy atom. The third kappa shape index (κ3) is 4.69. The van der Waals surface area contributed by atoms with Crippen LogP contribution in [0.3, 0.4) is 0 Å². The lowest BCUT2D eigenvalue weighted by Gasteiger charge is -2.21. The molecule has 4 aromatic rings. The summed E-state index contributed by atoms with van der Waals surface area (Å²) >= 11 is 1.68. The van der Waals surface area contributed by atoms with Gasteiger partial charge in [0.25, 0.3) is 0 Å². The summed E-state index contributed by atoms with van der Waals surface area (Å²) in [5.74, 6) is 2.29. The zero-order valence-electron chi connectivity index (χ0n) is 18.9. The van der Waals surface area contributed by atoms with Crippen molar-refractivity contribution in [2.24, 2.45) is 11.7 Å². The number of nitrogens with one attached hydrogen (secondary N) is 1. The normalized spacial score (nSPS) is 17.8. The first-order valence-electron chi connectivity index (χ1n) is 11.6. The highest BCUT2D eigenvalue weighted by Gasteiger charge is 2.20. The molecule has 0 aromatic carbocycles. The van der Waals surface area contributed by atoms with Crippen molar-refractivity contribution < 1.29 is 0 Å². The first kappa shape index (κ1) is 21.8. The molecule has 4 aromatic heterocycles. The van der Waals surface area contributed by atoms with Crippen LogP contribution in [-0.4, -0.2) is 44.0 Å². The predicted molar refractivity (Wildman–Crippen MR) is 134 cm³/mol. The fourth-order valence-electron chi connectivity index (χ4n) is 4.48. The number of anilines is 2. The van der Waals surface area contributed by atoms with Gasteiger partial charge in [0.2, 0.25) is 5.95 Å². The van der Waals surface area contributed by atoms with Crippen LogP contribution < -0.4 is 16.0 Å². The van der Waals surface area contributed by atoms with Crippen molar-refractivity contribution in [2.45, 2.75) is 38.6 Å². The summed E-state index contributed by atoms with van der Waals surface area (Å²) in [6, 6.07) is 4.12. The molecule has 3 N–H and O–H groups in total. The molecule has 2 unspecified atom stereocenters. The zero-order valence-corrected chi connectivity index (χ0v) is 19.7. The Morgan fingerprint density at radius 2 is 2.12 bits per heavy atom. The average Bonchev–Trinajstić information content (AvgIpc) is 3.47. The number of rotatable bonds is 7. The third-order valence-corrected chi connectivity index (χ3v) is 7.05. The highest BCUT2D eigenvalue weighted by atomic mass is 32.1. The lowest BCUT2D eigenvalue weighted by atomic mass is 10.0. The van der Waals surface area contributed by atoms with Crippen molar-refractivity contribution in [1.29, 1.82) is 0 Å². The van der Waals surface area contributed by atoms with Gasteiger partial charge in [0.1, 0.15) is 0 Å². The molecule has 33 heavy (non-hydrogen) atoms. The molecule has 1 aliphatic rings. The van der Waals surface area contributed by atoms with Crippen molar-refractivity contribution in [3.63, 3.8) is 0 Å². The molecule has 0 amide bonds. The summed E-state index contributed by atoms with van der Waals surface area (Å²) in [6.45, 7) is 4.96. The second kappa shape index (κ2) is 9.84. The van der Waals surface area contributed by atoms with E-state index in [1.54, 1.807) is 17.5 Å². The molecule has 0 bridgehead atoms. The van der Waals surface area contributed by atoms with E-state index in [1.165, 1.54) is 24.8 Å². The van der Waals surface area contributed by atoms with Gasteiger partial charge in [0.05, 0.1) is 23.6 Å². The van der Waals surface area contributed by atoms with Gasteiger partial charge in [-0.15, -0.1) is 0 Å². The second-order valence-electron chi connectivity index (χ2n) is 8.71. The Hall–Kier alpha value is -3.04. The zero-order chi connectivity index (χ0) is 22.6. The van der Waals surface area contributed by atoms with Crippen LogP contribution in [0.15, 0.2) is 47.7 Å². The third-order valence-electron chi connectivity index (χ3n) is 6.35. The summed E-state index contributed by atoms with van der Waals surface area (Å²) in [4.78, 5) is 21.1. The summed E-state index contributed by atoms with van der Waals surface area (Å²) < 4.78 is 2.08. The van der Waals surface area contributed by atoms with Crippen molar-refractivity contribution >= 4 is 28.8 Å². The number of thiophene rings is 1. The van der Waals surface area contributed by atoms with Gasteiger partial charge in [-0.25, -0.2) is 19.9 Å². The SMILES string of the molecule is CC1CCCN(c2nccn3c(-c4ccnc(NC(CCN)c5ccsc5)n4)cnc23)CC1. The maximum Gasteiger partial charge on any atom is 0.223 e. The van der Waals surface area contributed by atoms with Crippen molar-refractivity contribution in [1.82, 2.24) is 24.3 Å². The molecular weight excluding hydrogens is 432 g/mol.